The highest BCUT2D eigenvalue weighted by molar-refractivity contribution is 6.30. The summed E-state index contributed by atoms with van der Waals surface area (Å²) in [5.74, 6) is -2.15. The molecule has 3 N–H and O–H groups in total. The van der Waals surface area contributed by atoms with Gasteiger partial charge in [-0.1, -0.05) is 41.9 Å². The molecule has 1 heterocycles. The van der Waals surface area contributed by atoms with Gasteiger partial charge in [0.2, 0.25) is 17.7 Å². The van der Waals surface area contributed by atoms with Gasteiger partial charge in [-0.2, -0.15) is 0 Å². The molecule has 9 heteroatoms. The fraction of sp³-hybridized carbons (Fsp3) is 0.280. The Morgan fingerprint density at radius 3 is 2.59 bits per heavy atom. The lowest BCUT2D eigenvalue weighted by molar-refractivity contribution is -0.129. The van der Waals surface area contributed by atoms with Crippen LogP contribution in [0.25, 0.3) is 6.08 Å². The number of amides is 3. The van der Waals surface area contributed by atoms with Crippen LogP contribution in [0.5, 0.6) is 0 Å². The van der Waals surface area contributed by atoms with Crippen LogP contribution in [-0.4, -0.2) is 42.6 Å². The molecule has 3 atom stereocenters. The first-order chi connectivity index (χ1) is 16.3. The predicted molar refractivity (Wildman–Crippen MR) is 126 cm³/mol. The van der Waals surface area contributed by atoms with Gasteiger partial charge in [0.25, 0.3) is 0 Å². The molecule has 0 saturated carbocycles. The molecule has 0 bridgehead atoms. The number of aldehydes is 1. The van der Waals surface area contributed by atoms with Crippen molar-refractivity contribution in [2.24, 2.45) is 5.92 Å². The average Bonchev–Trinajstić information content (AvgIpc) is 3.21. The first-order valence-electron chi connectivity index (χ1n) is 10.9. The molecule has 2 aromatic carbocycles. The van der Waals surface area contributed by atoms with Gasteiger partial charge < -0.3 is 20.7 Å². The summed E-state index contributed by atoms with van der Waals surface area (Å²) in [5.41, 5.74) is 1.20. The third kappa shape index (κ3) is 7.52. The third-order valence-corrected chi connectivity index (χ3v) is 5.64. The van der Waals surface area contributed by atoms with E-state index in [0.717, 1.165) is 11.6 Å². The minimum Gasteiger partial charge on any atom is -0.356 e. The molecular formula is C25H25ClFN3O4. The molecular weight excluding hydrogens is 461 g/mol. The standard InChI is InChI=1S/C25H25ClFN3O4/c26-19-10-17(11-20(27)14-19)6-7-23(32)30-22(12-16-4-2-1-3-5-16)25(34)29-21(15-31)13-18-8-9-28-24(18)33/h1-7,10-11,14-15,18,21-22H,8-9,12-13H2,(H,28,33)(H,29,34)(H,30,32)/b7-6+. The van der Waals surface area contributed by atoms with Crippen molar-refractivity contribution in [3.63, 3.8) is 0 Å². The summed E-state index contributed by atoms with van der Waals surface area (Å²) >= 11 is 5.83. The summed E-state index contributed by atoms with van der Waals surface area (Å²) in [6, 6.07) is 11.1. The molecule has 0 aromatic heterocycles. The number of carbonyl (C=O) groups is 4. The molecule has 2 aromatic rings. The maximum absolute atomic E-state index is 13.5. The van der Waals surface area contributed by atoms with Crippen LogP contribution in [0.2, 0.25) is 5.02 Å². The Labute approximate surface area is 201 Å². The van der Waals surface area contributed by atoms with E-state index in [2.05, 4.69) is 16.0 Å². The summed E-state index contributed by atoms with van der Waals surface area (Å²) in [6.45, 7) is 0.540. The molecule has 34 heavy (non-hydrogen) atoms. The number of rotatable bonds is 10. The summed E-state index contributed by atoms with van der Waals surface area (Å²) in [4.78, 5) is 48.9. The molecule has 1 aliphatic rings. The number of hydrogen-bond acceptors (Lipinski definition) is 4. The van der Waals surface area contributed by atoms with Crippen LogP contribution in [0.15, 0.2) is 54.6 Å². The highest BCUT2D eigenvalue weighted by Gasteiger charge is 2.29. The molecule has 0 radical (unpaired) electrons. The fourth-order valence-electron chi connectivity index (χ4n) is 3.73. The van der Waals surface area contributed by atoms with Gasteiger partial charge in [-0.05, 0) is 48.2 Å². The summed E-state index contributed by atoms with van der Waals surface area (Å²) in [6.07, 6.45) is 4.13. The maximum Gasteiger partial charge on any atom is 0.244 e. The Morgan fingerprint density at radius 1 is 1.18 bits per heavy atom. The van der Waals surface area contributed by atoms with Gasteiger partial charge >= 0.3 is 0 Å². The van der Waals surface area contributed by atoms with Crippen molar-refractivity contribution in [1.82, 2.24) is 16.0 Å². The van der Waals surface area contributed by atoms with E-state index in [1.165, 1.54) is 24.3 Å². The van der Waals surface area contributed by atoms with Gasteiger partial charge in [-0.25, -0.2) is 4.39 Å². The highest BCUT2D eigenvalue weighted by Crippen LogP contribution is 2.16. The molecule has 3 amide bonds. The lowest BCUT2D eigenvalue weighted by Crippen LogP contribution is -2.51. The van der Waals surface area contributed by atoms with Gasteiger partial charge in [-0.3, -0.25) is 14.4 Å². The lowest BCUT2D eigenvalue weighted by Gasteiger charge is -2.21. The van der Waals surface area contributed by atoms with Crippen LogP contribution >= 0.6 is 11.6 Å². The number of benzene rings is 2. The molecule has 178 valence electrons. The van der Waals surface area contributed by atoms with Crippen molar-refractivity contribution in [2.75, 3.05) is 6.54 Å². The topological polar surface area (TPSA) is 104 Å². The Bertz CT molecular complexity index is 1060. The fourth-order valence-corrected chi connectivity index (χ4v) is 3.96. The van der Waals surface area contributed by atoms with E-state index < -0.39 is 29.7 Å². The van der Waals surface area contributed by atoms with Crippen molar-refractivity contribution >= 4 is 41.7 Å². The normalized spacial score (nSPS) is 17.1. The van der Waals surface area contributed by atoms with E-state index in [4.69, 9.17) is 11.6 Å². The van der Waals surface area contributed by atoms with Gasteiger partial charge in [0.05, 0.1) is 6.04 Å². The van der Waals surface area contributed by atoms with Crippen molar-refractivity contribution in [1.29, 1.82) is 0 Å². The Balaban J connectivity index is 1.69. The first kappa shape index (κ1) is 25.1. The van der Waals surface area contributed by atoms with E-state index in [-0.39, 0.29) is 29.7 Å². The number of halogens is 2. The zero-order valence-corrected chi connectivity index (χ0v) is 19.1. The van der Waals surface area contributed by atoms with E-state index in [1.807, 2.05) is 30.3 Å². The second-order valence-electron chi connectivity index (χ2n) is 8.05. The second kappa shape index (κ2) is 12.1. The summed E-state index contributed by atoms with van der Waals surface area (Å²) in [7, 11) is 0. The molecule has 1 fully saturated rings. The molecule has 1 aliphatic heterocycles. The van der Waals surface area contributed by atoms with Crippen LogP contribution in [0.4, 0.5) is 4.39 Å². The minimum absolute atomic E-state index is 0.141. The van der Waals surface area contributed by atoms with Crippen molar-refractivity contribution in [3.8, 4) is 0 Å². The largest absolute Gasteiger partial charge is 0.356 e. The summed E-state index contributed by atoms with van der Waals surface area (Å²) in [5, 5.41) is 8.17. The first-order valence-corrected chi connectivity index (χ1v) is 11.2. The van der Waals surface area contributed by atoms with Crippen LogP contribution < -0.4 is 16.0 Å². The van der Waals surface area contributed by atoms with Crippen LogP contribution in [0.3, 0.4) is 0 Å². The van der Waals surface area contributed by atoms with Gasteiger partial charge in [0.1, 0.15) is 18.1 Å². The van der Waals surface area contributed by atoms with Crippen molar-refractivity contribution < 1.29 is 23.6 Å². The molecule has 7 nitrogen and oxygen atoms in total. The minimum atomic E-state index is -0.976. The molecule has 3 rings (SSSR count). The maximum atomic E-state index is 13.5. The SMILES string of the molecule is O=CC(CC1CCNC1=O)NC(=O)C(Cc1ccccc1)NC(=O)/C=C/c1cc(F)cc(Cl)c1. The summed E-state index contributed by atoms with van der Waals surface area (Å²) < 4.78 is 13.5. The second-order valence-corrected chi connectivity index (χ2v) is 8.49. The van der Waals surface area contributed by atoms with Crippen molar-refractivity contribution in [3.05, 3.63) is 76.6 Å². The van der Waals surface area contributed by atoms with E-state index in [0.29, 0.717) is 24.8 Å². The number of carbonyl (C=O) groups excluding carboxylic acids is 4. The van der Waals surface area contributed by atoms with E-state index >= 15 is 0 Å². The predicted octanol–water partition coefficient (Wildman–Crippen LogP) is 2.43. The van der Waals surface area contributed by atoms with Crippen molar-refractivity contribution in [2.45, 2.75) is 31.3 Å². The van der Waals surface area contributed by atoms with Crippen LogP contribution in [-0.2, 0) is 25.6 Å². The molecule has 1 saturated heterocycles. The van der Waals surface area contributed by atoms with E-state index in [9.17, 15) is 23.6 Å². The zero-order valence-electron chi connectivity index (χ0n) is 18.3. The zero-order chi connectivity index (χ0) is 24.5. The molecule has 3 unspecified atom stereocenters. The lowest BCUT2D eigenvalue weighted by atomic mass is 9.98. The third-order valence-electron chi connectivity index (χ3n) is 5.42. The van der Waals surface area contributed by atoms with Gasteiger partial charge in [-0.15, -0.1) is 0 Å². The molecule has 0 spiro atoms. The highest BCUT2D eigenvalue weighted by atomic mass is 35.5. The van der Waals surface area contributed by atoms with Crippen LogP contribution in [0, 0.1) is 11.7 Å². The Kier molecular flexibility index (Phi) is 8.93. The average molecular weight is 486 g/mol. The van der Waals surface area contributed by atoms with Gasteiger partial charge in [0.15, 0.2) is 0 Å². The number of nitrogens with one attached hydrogen (secondary N) is 3. The Hall–Kier alpha value is -3.52. The van der Waals surface area contributed by atoms with Gasteiger partial charge in [0, 0.05) is 30.0 Å². The Morgan fingerprint density at radius 2 is 1.94 bits per heavy atom. The number of hydrogen-bond donors (Lipinski definition) is 3. The van der Waals surface area contributed by atoms with E-state index in [1.54, 1.807) is 0 Å². The smallest absolute Gasteiger partial charge is 0.244 e. The quantitative estimate of drug-likeness (QED) is 0.355. The monoisotopic (exact) mass is 485 g/mol. The van der Waals surface area contributed by atoms with Crippen LogP contribution in [0.1, 0.15) is 24.0 Å². The molecule has 0 aliphatic carbocycles.